The second-order valence-corrected chi connectivity index (χ2v) is 3.70. The van der Waals surface area contributed by atoms with Gasteiger partial charge in [0.25, 0.3) is 0 Å². The average Bonchev–Trinajstić information content (AvgIpc) is 2.07. The minimum Gasteiger partial charge on any atom is -0.286 e. The van der Waals surface area contributed by atoms with E-state index < -0.39 is 0 Å². The van der Waals surface area contributed by atoms with Crippen LogP contribution in [0, 0.1) is 0 Å². The van der Waals surface area contributed by atoms with Crippen molar-refractivity contribution in [2.24, 2.45) is 9.98 Å². The molecule has 1 aliphatic heterocycles. The van der Waals surface area contributed by atoms with Gasteiger partial charge in [-0.05, 0) is 26.7 Å². The van der Waals surface area contributed by atoms with Crippen LogP contribution in [0.5, 0.6) is 0 Å². The van der Waals surface area contributed by atoms with E-state index in [1.165, 1.54) is 11.1 Å². The summed E-state index contributed by atoms with van der Waals surface area (Å²) in [5, 5.41) is 0. The van der Waals surface area contributed by atoms with Crippen LogP contribution in [-0.4, -0.2) is 24.5 Å². The molecule has 0 radical (unpaired) electrons. The SMILES string of the molecule is CC1=C(C)CC2N=CC=NC2C1. The Morgan fingerprint density at radius 1 is 1.00 bits per heavy atom. The van der Waals surface area contributed by atoms with Gasteiger partial charge in [-0.25, -0.2) is 0 Å². The van der Waals surface area contributed by atoms with Gasteiger partial charge in [0.1, 0.15) is 0 Å². The molecule has 0 aromatic rings. The number of aliphatic imine (C=N–C) groups is 2. The maximum atomic E-state index is 4.43. The van der Waals surface area contributed by atoms with Gasteiger partial charge in [-0.15, -0.1) is 0 Å². The fourth-order valence-electron chi connectivity index (χ4n) is 1.85. The Morgan fingerprint density at radius 2 is 1.42 bits per heavy atom. The van der Waals surface area contributed by atoms with Crippen molar-refractivity contribution < 1.29 is 0 Å². The molecule has 2 aliphatic rings. The van der Waals surface area contributed by atoms with Gasteiger partial charge in [-0.1, -0.05) is 11.1 Å². The Bertz CT molecular complexity index is 246. The van der Waals surface area contributed by atoms with Crippen molar-refractivity contribution in [3.8, 4) is 0 Å². The standard InChI is InChI=1S/C10H14N2/c1-7-5-9-10(6-8(7)2)12-4-3-11-9/h3-4,9-10H,5-6H2,1-2H3. The minimum absolute atomic E-state index is 0.429. The largest absolute Gasteiger partial charge is 0.286 e. The normalized spacial score (nSPS) is 33.8. The van der Waals surface area contributed by atoms with Crippen molar-refractivity contribution in [2.45, 2.75) is 38.8 Å². The number of hydrogen-bond donors (Lipinski definition) is 0. The zero-order valence-electron chi connectivity index (χ0n) is 7.62. The first-order chi connectivity index (χ1) is 5.77. The molecule has 1 heterocycles. The highest BCUT2D eigenvalue weighted by molar-refractivity contribution is 6.16. The van der Waals surface area contributed by atoms with Crippen LogP contribution < -0.4 is 0 Å². The monoisotopic (exact) mass is 162 g/mol. The van der Waals surface area contributed by atoms with E-state index >= 15 is 0 Å². The molecule has 2 unspecified atom stereocenters. The molecule has 1 aliphatic carbocycles. The van der Waals surface area contributed by atoms with Gasteiger partial charge in [0.2, 0.25) is 0 Å². The summed E-state index contributed by atoms with van der Waals surface area (Å²) in [4.78, 5) is 8.86. The molecule has 12 heavy (non-hydrogen) atoms. The van der Waals surface area contributed by atoms with Gasteiger partial charge in [0.15, 0.2) is 0 Å². The maximum Gasteiger partial charge on any atom is 0.0763 e. The van der Waals surface area contributed by atoms with Gasteiger partial charge in [0, 0.05) is 12.4 Å². The molecular formula is C10H14N2. The van der Waals surface area contributed by atoms with Crippen LogP contribution >= 0.6 is 0 Å². The van der Waals surface area contributed by atoms with E-state index in [9.17, 15) is 0 Å². The van der Waals surface area contributed by atoms with E-state index in [1.54, 1.807) is 0 Å². The topological polar surface area (TPSA) is 24.7 Å². The lowest BCUT2D eigenvalue weighted by molar-refractivity contribution is 0.492. The van der Waals surface area contributed by atoms with E-state index in [0.717, 1.165) is 12.8 Å². The molecule has 0 amide bonds. The Balaban J connectivity index is 2.23. The summed E-state index contributed by atoms with van der Waals surface area (Å²) in [5.41, 5.74) is 3.01. The maximum absolute atomic E-state index is 4.43. The van der Waals surface area contributed by atoms with E-state index in [0.29, 0.717) is 12.1 Å². The molecule has 0 aromatic heterocycles. The number of fused-ring (bicyclic) bond motifs is 1. The van der Waals surface area contributed by atoms with E-state index in [1.807, 2.05) is 12.4 Å². The molecule has 2 heteroatoms. The third-order valence-corrected chi connectivity index (χ3v) is 2.83. The first-order valence-electron chi connectivity index (χ1n) is 4.47. The molecule has 0 saturated heterocycles. The van der Waals surface area contributed by atoms with Crippen LogP contribution in [0.2, 0.25) is 0 Å². The third kappa shape index (κ3) is 1.22. The van der Waals surface area contributed by atoms with Gasteiger partial charge in [-0.3, -0.25) is 9.98 Å². The fraction of sp³-hybridized carbons (Fsp3) is 0.600. The highest BCUT2D eigenvalue weighted by Gasteiger charge is 2.26. The van der Waals surface area contributed by atoms with E-state index in [4.69, 9.17) is 0 Å². The zero-order valence-corrected chi connectivity index (χ0v) is 7.62. The number of hydrogen-bond acceptors (Lipinski definition) is 2. The molecule has 0 N–H and O–H groups in total. The summed E-state index contributed by atoms with van der Waals surface area (Å²) >= 11 is 0. The first-order valence-corrected chi connectivity index (χ1v) is 4.47. The smallest absolute Gasteiger partial charge is 0.0763 e. The van der Waals surface area contributed by atoms with Gasteiger partial charge >= 0.3 is 0 Å². The zero-order chi connectivity index (χ0) is 8.55. The van der Waals surface area contributed by atoms with Crippen LogP contribution in [0.25, 0.3) is 0 Å². The van der Waals surface area contributed by atoms with Gasteiger partial charge < -0.3 is 0 Å². The predicted molar refractivity (Wildman–Crippen MR) is 52.2 cm³/mol. The van der Waals surface area contributed by atoms with Crippen molar-refractivity contribution in [1.82, 2.24) is 0 Å². The highest BCUT2D eigenvalue weighted by Crippen LogP contribution is 2.29. The Labute approximate surface area is 73.1 Å². The van der Waals surface area contributed by atoms with E-state index in [2.05, 4.69) is 23.8 Å². The molecule has 0 fully saturated rings. The lowest BCUT2D eigenvalue weighted by Gasteiger charge is -2.29. The Kier molecular flexibility index (Phi) is 1.83. The van der Waals surface area contributed by atoms with Crippen molar-refractivity contribution in [2.75, 3.05) is 0 Å². The number of rotatable bonds is 0. The second-order valence-electron chi connectivity index (χ2n) is 3.70. The molecule has 64 valence electrons. The fourth-order valence-corrected chi connectivity index (χ4v) is 1.85. The van der Waals surface area contributed by atoms with E-state index in [-0.39, 0.29) is 0 Å². The molecule has 0 saturated carbocycles. The quantitative estimate of drug-likeness (QED) is 0.487. The molecule has 2 rings (SSSR count). The summed E-state index contributed by atoms with van der Waals surface area (Å²) in [7, 11) is 0. The van der Waals surface area contributed by atoms with Crippen LogP contribution in [0.15, 0.2) is 21.1 Å². The lowest BCUT2D eigenvalue weighted by atomic mass is 9.86. The predicted octanol–water partition coefficient (Wildman–Crippen LogP) is 2.01. The average molecular weight is 162 g/mol. The van der Waals surface area contributed by atoms with Crippen LogP contribution in [0.3, 0.4) is 0 Å². The second kappa shape index (κ2) is 2.85. The first kappa shape index (κ1) is 7.71. The van der Waals surface area contributed by atoms with Gasteiger partial charge in [0.05, 0.1) is 12.1 Å². The Morgan fingerprint density at radius 3 is 1.83 bits per heavy atom. The summed E-state index contributed by atoms with van der Waals surface area (Å²) in [5.74, 6) is 0. The van der Waals surface area contributed by atoms with Crippen molar-refractivity contribution in [3.05, 3.63) is 11.1 Å². The molecule has 0 spiro atoms. The molecule has 2 atom stereocenters. The number of nitrogens with zero attached hydrogens (tertiary/aromatic N) is 2. The van der Waals surface area contributed by atoms with Crippen LogP contribution in [0.4, 0.5) is 0 Å². The van der Waals surface area contributed by atoms with Crippen molar-refractivity contribution in [1.29, 1.82) is 0 Å². The van der Waals surface area contributed by atoms with Crippen molar-refractivity contribution >= 4 is 12.4 Å². The highest BCUT2D eigenvalue weighted by atomic mass is 14.9. The molecule has 0 aromatic carbocycles. The summed E-state index contributed by atoms with van der Waals surface area (Å²) < 4.78 is 0. The van der Waals surface area contributed by atoms with Crippen LogP contribution in [0.1, 0.15) is 26.7 Å². The molecule has 0 bridgehead atoms. The minimum atomic E-state index is 0.429. The molecule has 2 nitrogen and oxygen atoms in total. The summed E-state index contributed by atoms with van der Waals surface area (Å²) in [6.07, 6.45) is 5.86. The molecular weight excluding hydrogens is 148 g/mol. The van der Waals surface area contributed by atoms with Crippen molar-refractivity contribution in [3.63, 3.8) is 0 Å². The van der Waals surface area contributed by atoms with Crippen LogP contribution in [-0.2, 0) is 0 Å². The summed E-state index contributed by atoms with van der Waals surface area (Å²) in [6, 6.07) is 0.859. The Hall–Kier alpha value is -0.920. The van der Waals surface area contributed by atoms with Gasteiger partial charge in [-0.2, -0.15) is 0 Å². The summed E-state index contributed by atoms with van der Waals surface area (Å²) in [6.45, 7) is 4.42. The lowest BCUT2D eigenvalue weighted by Crippen LogP contribution is -2.30. The third-order valence-electron chi connectivity index (χ3n) is 2.83.